The highest BCUT2D eigenvalue weighted by atomic mass is 32.1. The summed E-state index contributed by atoms with van der Waals surface area (Å²) in [6.07, 6.45) is 4.62. The van der Waals surface area contributed by atoms with Crippen LogP contribution in [0, 0.1) is 0 Å². The van der Waals surface area contributed by atoms with Crippen LogP contribution in [-0.2, 0) is 8.85 Å². The molecular formula is C11H26O2SSi. The summed E-state index contributed by atoms with van der Waals surface area (Å²) in [4.78, 5) is 0. The van der Waals surface area contributed by atoms with Crippen molar-refractivity contribution in [3.05, 3.63) is 0 Å². The fourth-order valence-electron chi connectivity index (χ4n) is 1.25. The van der Waals surface area contributed by atoms with Crippen molar-refractivity contribution in [3.8, 4) is 0 Å². The molecule has 92 valence electrons. The van der Waals surface area contributed by atoms with Gasteiger partial charge in [-0.3, -0.25) is 0 Å². The molecule has 0 aromatic heterocycles. The molecule has 0 aliphatic heterocycles. The van der Waals surface area contributed by atoms with E-state index in [0.29, 0.717) is 0 Å². The Labute approximate surface area is 101 Å². The van der Waals surface area contributed by atoms with Crippen molar-refractivity contribution >= 4 is 21.2 Å². The highest BCUT2D eigenvalue weighted by molar-refractivity contribution is 7.80. The van der Waals surface area contributed by atoms with Crippen molar-refractivity contribution in [2.45, 2.75) is 52.1 Å². The second kappa shape index (κ2) is 9.69. The van der Waals surface area contributed by atoms with Gasteiger partial charge >= 0.3 is 8.56 Å². The SMILES string of the molecule is CCCCO[Si](C)(CCS)OCCCC. The van der Waals surface area contributed by atoms with Gasteiger partial charge in [0, 0.05) is 13.2 Å². The van der Waals surface area contributed by atoms with Crippen molar-refractivity contribution in [2.75, 3.05) is 19.0 Å². The van der Waals surface area contributed by atoms with Gasteiger partial charge in [0.05, 0.1) is 0 Å². The maximum absolute atomic E-state index is 5.92. The topological polar surface area (TPSA) is 18.5 Å². The summed E-state index contributed by atoms with van der Waals surface area (Å²) in [6.45, 7) is 8.21. The van der Waals surface area contributed by atoms with Gasteiger partial charge in [0.25, 0.3) is 0 Å². The largest absolute Gasteiger partial charge is 0.394 e. The molecule has 0 N–H and O–H groups in total. The van der Waals surface area contributed by atoms with Crippen molar-refractivity contribution in [1.29, 1.82) is 0 Å². The van der Waals surface area contributed by atoms with Gasteiger partial charge in [-0.2, -0.15) is 12.6 Å². The number of hydrogen-bond acceptors (Lipinski definition) is 3. The number of unbranched alkanes of at least 4 members (excludes halogenated alkanes) is 2. The average Bonchev–Trinajstić information content (AvgIpc) is 2.19. The second-order valence-corrected chi connectivity index (χ2v) is 7.80. The van der Waals surface area contributed by atoms with Gasteiger partial charge in [0.2, 0.25) is 0 Å². The first-order valence-corrected chi connectivity index (χ1v) is 9.23. The van der Waals surface area contributed by atoms with Gasteiger partial charge in [-0.05, 0) is 31.2 Å². The maximum atomic E-state index is 5.92. The molecule has 0 saturated carbocycles. The van der Waals surface area contributed by atoms with Crippen LogP contribution in [-0.4, -0.2) is 27.5 Å². The van der Waals surface area contributed by atoms with E-state index in [0.717, 1.165) is 37.9 Å². The van der Waals surface area contributed by atoms with E-state index in [4.69, 9.17) is 8.85 Å². The van der Waals surface area contributed by atoms with Crippen molar-refractivity contribution in [2.24, 2.45) is 0 Å². The monoisotopic (exact) mass is 250 g/mol. The predicted molar refractivity (Wildman–Crippen MR) is 72.0 cm³/mol. The Balaban J connectivity index is 3.83. The third kappa shape index (κ3) is 8.31. The number of hydrogen-bond donors (Lipinski definition) is 1. The van der Waals surface area contributed by atoms with Gasteiger partial charge in [0.15, 0.2) is 0 Å². The standard InChI is InChI=1S/C11H26O2SSi/c1-4-6-8-12-15(3,11-10-14)13-9-7-5-2/h14H,4-11H2,1-3H3. The maximum Gasteiger partial charge on any atom is 0.335 e. The zero-order chi connectivity index (χ0) is 11.6. The van der Waals surface area contributed by atoms with E-state index < -0.39 is 8.56 Å². The van der Waals surface area contributed by atoms with Crippen LogP contribution < -0.4 is 0 Å². The second-order valence-electron chi connectivity index (χ2n) is 4.01. The van der Waals surface area contributed by atoms with Crippen LogP contribution in [0.1, 0.15) is 39.5 Å². The quantitative estimate of drug-likeness (QED) is 0.363. The third-order valence-corrected chi connectivity index (χ3v) is 5.81. The molecule has 0 spiro atoms. The fraction of sp³-hybridized carbons (Fsp3) is 1.00. The molecule has 0 heterocycles. The van der Waals surface area contributed by atoms with E-state index in [1.807, 2.05) is 0 Å². The summed E-state index contributed by atoms with van der Waals surface area (Å²) < 4.78 is 11.8. The van der Waals surface area contributed by atoms with E-state index in [9.17, 15) is 0 Å². The molecule has 2 nitrogen and oxygen atoms in total. The Kier molecular flexibility index (Phi) is 10.0. The van der Waals surface area contributed by atoms with Crippen LogP contribution in [0.3, 0.4) is 0 Å². The highest BCUT2D eigenvalue weighted by Crippen LogP contribution is 2.15. The first-order valence-electron chi connectivity index (χ1n) is 6.07. The van der Waals surface area contributed by atoms with Crippen LogP contribution in [0.5, 0.6) is 0 Å². The zero-order valence-corrected chi connectivity index (χ0v) is 12.3. The van der Waals surface area contributed by atoms with Gasteiger partial charge < -0.3 is 8.85 Å². The molecule has 0 bridgehead atoms. The predicted octanol–water partition coefficient (Wildman–Crippen LogP) is 3.62. The van der Waals surface area contributed by atoms with E-state index in [2.05, 4.69) is 33.0 Å². The summed E-state index contributed by atoms with van der Waals surface area (Å²) in [5, 5.41) is 0. The first-order chi connectivity index (χ1) is 7.18. The molecule has 0 aliphatic rings. The number of thiol groups is 1. The lowest BCUT2D eigenvalue weighted by molar-refractivity contribution is 0.170. The molecule has 0 fully saturated rings. The molecule has 0 aromatic rings. The van der Waals surface area contributed by atoms with Crippen molar-refractivity contribution in [1.82, 2.24) is 0 Å². The Hall–Kier alpha value is 0.487. The van der Waals surface area contributed by atoms with Crippen LogP contribution in [0.2, 0.25) is 12.6 Å². The Morgan fingerprint density at radius 1 is 1.00 bits per heavy atom. The van der Waals surface area contributed by atoms with E-state index in [1.165, 1.54) is 12.8 Å². The highest BCUT2D eigenvalue weighted by Gasteiger charge is 2.30. The average molecular weight is 250 g/mol. The molecule has 0 rings (SSSR count). The Morgan fingerprint density at radius 3 is 1.80 bits per heavy atom. The Morgan fingerprint density at radius 2 is 1.47 bits per heavy atom. The first kappa shape index (κ1) is 15.5. The molecule has 0 atom stereocenters. The molecule has 0 aliphatic carbocycles. The lowest BCUT2D eigenvalue weighted by Crippen LogP contribution is -2.39. The number of rotatable bonds is 10. The fourth-order valence-corrected chi connectivity index (χ4v) is 4.40. The van der Waals surface area contributed by atoms with Crippen LogP contribution in [0.25, 0.3) is 0 Å². The minimum atomic E-state index is -1.90. The molecule has 0 aromatic carbocycles. The van der Waals surface area contributed by atoms with Crippen molar-refractivity contribution in [3.63, 3.8) is 0 Å². The molecule has 0 amide bonds. The lowest BCUT2D eigenvalue weighted by Gasteiger charge is -2.26. The van der Waals surface area contributed by atoms with Gasteiger partial charge in [-0.25, -0.2) is 0 Å². The van der Waals surface area contributed by atoms with Crippen LogP contribution in [0.15, 0.2) is 0 Å². The molecule has 15 heavy (non-hydrogen) atoms. The minimum absolute atomic E-state index is 0.846. The van der Waals surface area contributed by atoms with E-state index >= 15 is 0 Å². The molecule has 0 unspecified atom stereocenters. The van der Waals surface area contributed by atoms with Gasteiger partial charge in [-0.15, -0.1) is 0 Å². The van der Waals surface area contributed by atoms with Crippen LogP contribution >= 0.6 is 12.6 Å². The normalized spacial score (nSPS) is 12.0. The van der Waals surface area contributed by atoms with Crippen LogP contribution in [0.4, 0.5) is 0 Å². The molecule has 0 radical (unpaired) electrons. The van der Waals surface area contributed by atoms with Gasteiger partial charge in [0.1, 0.15) is 0 Å². The molecular weight excluding hydrogens is 224 g/mol. The smallest absolute Gasteiger partial charge is 0.335 e. The summed E-state index contributed by atoms with van der Waals surface area (Å²) in [7, 11) is -1.90. The van der Waals surface area contributed by atoms with Gasteiger partial charge in [-0.1, -0.05) is 26.7 Å². The molecule has 0 saturated heterocycles. The minimum Gasteiger partial charge on any atom is -0.394 e. The lowest BCUT2D eigenvalue weighted by atomic mass is 10.4. The summed E-state index contributed by atoms with van der Waals surface area (Å²) >= 11 is 4.28. The van der Waals surface area contributed by atoms with E-state index in [1.54, 1.807) is 0 Å². The third-order valence-electron chi connectivity index (χ3n) is 2.38. The Bertz CT molecular complexity index is 135. The van der Waals surface area contributed by atoms with Crippen molar-refractivity contribution < 1.29 is 8.85 Å². The summed E-state index contributed by atoms with van der Waals surface area (Å²) in [5.74, 6) is 0.862. The molecule has 4 heteroatoms. The summed E-state index contributed by atoms with van der Waals surface area (Å²) in [5.41, 5.74) is 0. The zero-order valence-electron chi connectivity index (χ0n) is 10.4. The van der Waals surface area contributed by atoms with E-state index in [-0.39, 0.29) is 0 Å². The summed E-state index contributed by atoms with van der Waals surface area (Å²) in [6, 6.07) is 0.990.